The van der Waals surface area contributed by atoms with Crippen LogP contribution in [-0.4, -0.2) is 37.3 Å². The second-order valence-electron chi connectivity index (χ2n) is 4.63. The molecule has 2 N–H and O–H groups in total. The summed E-state index contributed by atoms with van der Waals surface area (Å²) in [7, 11) is -3.50. The van der Waals surface area contributed by atoms with E-state index in [0.29, 0.717) is 26.1 Å². The van der Waals surface area contributed by atoms with Crippen molar-refractivity contribution < 1.29 is 8.42 Å². The minimum atomic E-state index is -3.50. The fourth-order valence-electron chi connectivity index (χ4n) is 1.98. The van der Waals surface area contributed by atoms with Gasteiger partial charge in [-0.1, -0.05) is 30.3 Å². The van der Waals surface area contributed by atoms with Gasteiger partial charge in [0.2, 0.25) is 0 Å². The summed E-state index contributed by atoms with van der Waals surface area (Å²) in [6.45, 7) is 2.82. The Bertz CT molecular complexity index is 669. The van der Waals surface area contributed by atoms with E-state index in [9.17, 15) is 8.42 Å². The minimum Gasteiger partial charge on any atom is -0.329 e. The van der Waals surface area contributed by atoms with E-state index in [0.717, 1.165) is 10.6 Å². The van der Waals surface area contributed by atoms with Gasteiger partial charge in [0.1, 0.15) is 0 Å². The molecule has 0 aliphatic heterocycles. The lowest BCUT2D eigenvalue weighted by Gasteiger charge is -2.20. The molecule has 5 nitrogen and oxygen atoms in total. The third kappa shape index (κ3) is 4.10. The maximum absolute atomic E-state index is 12.6. The summed E-state index contributed by atoms with van der Waals surface area (Å²) in [5.41, 5.74) is 6.67. The van der Waals surface area contributed by atoms with Gasteiger partial charge in [0, 0.05) is 19.6 Å². The number of hydrogen-bond acceptors (Lipinski definition) is 5. The van der Waals surface area contributed by atoms with Crippen LogP contribution >= 0.6 is 11.3 Å². The van der Waals surface area contributed by atoms with Crippen LogP contribution in [0.5, 0.6) is 0 Å². The Labute approximate surface area is 129 Å². The Morgan fingerprint density at radius 1 is 1.24 bits per heavy atom. The van der Waals surface area contributed by atoms with E-state index in [2.05, 4.69) is 4.98 Å². The van der Waals surface area contributed by atoms with Crippen molar-refractivity contribution >= 4 is 21.4 Å². The first-order valence-electron chi connectivity index (χ1n) is 6.70. The number of nitrogens with zero attached hydrogens (tertiary/aromatic N) is 2. The summed E-state index contributed by atoms with van der Waals surface area (Å²) < 4.78 is 26.9. The van der Waals surface area contributed by atoms with Crippen molar-refractivity contribution in [2.45, 2.75) is 17.6 Å². The van der Waals surface area contributed by atoms with Crippen molar-refractivity contribution in [3.63, 3.8) is 0 Å². The quantitative estimate of drug-likeness (QED) is 0.839. The molecule has 1 heterocycles. The molecular weight excluding hydrogens is 306 g/mol. The van der Waals surface area contributed by atoms with Crippen molar-refractivity contribution in [2.24, 2.45) is 5.73 Å². The highest BCUT2D eigenvalue weighted by Crippen LogP contribution is 2.22. The van der Waals surface area contributed by atoms with E-state index in [-0.39, 0.29) is 4.21 Å². The summed E-state index contributed by atoms with van der Waals surface area (Å²) in [6, 6.07) is 9.82. The fraction of sp³-hybridized carbons (Fsp3) is 0.357. The number of benzene rings is 1. The highest BCUT2D eigenvalue weighted by Gasteiger charge is 2.25. The Kier molecular flexibility index (Phi) is 5.46. The summed E-state index contributed by atoms with van der Waals surface area (Å²) in [6.07, 6.45) is 2.08. The molecule has 0 amide bonds. The molecule has 0 fully saturated rings. The number of rotatable bonds is 7. The van der Waals surface area contributed by atoms with E-state index in [1.54, 1.807) is 6.92 Å². The molecule has 7 heteroatoms. The average molecular weight is 325 g/mol. The van der Waals surface area contributed by atoms with Gasteiger partial charge in [-0.05, 0) is 18.9 Å². The monoisotopic (exact) mass is 325 g/mol. The summed E-state index contributed by atoms with van der Waals surface area (Å²) >= 11 is 1.19. The van der Waals surface area contributed by atoms with Gasteiger partial charge in [-0.15, -0.1) is 11.3 Å². The van der Waals surface area contributed by atoms with Gasteiger partial charge in [0.25, 0.3) is 10.0 Å². The largest absolute Gasteiger partial charge is 0.329 e. The smallest absolute Gasteiger partial charge is 0.254 e. The first-order chi connectivity index (χ1) is 10.0. The zero-order valence-corrected chi connectivity index (χ0v) is 13.5. The van der Waals surface area contributed by atoms with E-state index < -0.39 is 10.0 Å². The predicted molar refractivity (Wildman–Crippen MR) is 84.8 cm³/mol. The fourth-order valence-corrected chi connectivity index (χ4v) is 4.70. The van der Waals surface area contributed by atoms with Crippen LogP contribution in [0.3, 0.4) is 0 Å². The van der Waals surface area contributed by atoms with E-state index >= 15 is 0 Å². The second kappa shape index (κ2) is 7.13. The van der Waals surface area contributed by atoms with Crippen LogP contribution in [0.1, 0.15) is 10.6 Å². The molecule has 0 saturated heterocycles. The molecule has 114 valence electrons. The average Bonchev–Trinajstić information content (AvgIpc) is 2.92. The van der Waals surface area contributed by atoms with Gasteiger partial charge in [-0.2, -0.15) is 4.31 Å². The standard InChI is InChI=1S/C14H19N3O2S2/c1-12-16-11-14(20-12)21(18,19)17(10-8-15)9-7-13-5-3-2-4-6-13/h2-6,11H,7-10,15H2,1H3. The van der Waals surface area contributed by atoms with Crippen molar-refractivity contribution in [3.8, 4) is 0 Å². The number of thiazole rings is 1. The lowest BCUT2D eigenvalue weighted by Crippen LogP contribution is -2.36. The third-order valence-corrected chi connectivity index (χ3v) is 6.31. The molecule has 2 aromatic rings. The second-order valence-corrected chi connectivity index (χ2v) is 8.03. The van der Waals surface area contributed by atoms with Crippen LogP contribution < -0.4 is 5.73 Å². The Morgan fingerprint density at radius 2 is 1.95 bits per heavy atom. The summed E-state index contributed by atoms with van der Waals surface area (Å²) in [5, 5.41) is 0.740. The number of nitrogens with two attached hydrogens (primary N) is 1. The molecule has 0 saturated carbocycles. The van der Waals surface area contributed by atoms with Gasteiger partial charge in [-0.25, -0.2) is 13.4 Å². The molecule has 0 aliphatic rings. The normalized spacial score (nSPS) is 12.0. The Hall–Kier alpha value is -1.28. The number of aryl methyl sites for hydroxylation is 1. The zero-order valence-electron chi connectivity index (χ0n) is 11.9. The van der Waals surface area contributed by atoms with Crippen LogP contribution in [-0.2, 0) is 16.4 Å². The topological polar surface area (TPSA) is 76.3 Å². The van der Waals surface area contributed by atoms with Gasteiger partial charge < -0.3 is 5.73 Å². The summed E-state index contributed by atoms with van der Waals surface area (Å²) in [5.74, 6) is 0. The van der Waals surface area contributed by atoms with Crippen LogP contribution in [0.25, 0.3) is 0 Å². The van der Waals surface area contributed by atoms with E-state index in [1.165, 1.54) is 21.8 Å². The van der Waals surface area contributed by atoms with E-state index in [1.807, 2.05) is 30.3 Å². The molecule has 0 bridgehead atoms. The van der Waals surface area contributed by atoms with E-state index in [4.69, 9.17) is 5.73 Å². The molecule has 21 heavy (non-hydrogen) atoms. The van der Waals surface area contributed by atoms with Crippen molar-refractivity contribution in [3.05, 3.63) is 47.1 Å². The predicted octanol–water partition coefficient (Wildman–Crippen LogP) is 1.64. The van der Waals surface area contributed by atoms with Crippen molar-refractivity contribution in [2.75, 3.05) is 19.6 Å². The molecule has 2 rings (SSSR count). The maximum atomic E-state index is 12.6. The van der Waals surface area contributed by atoms with Gasteiger partial charge >= 0.3 is 0 Å². The highest BCUT2D eigenvalue weighted by molar-refractivity contribution is 7.91. The van der Waals surface area contributed by atoms with Crippen LogP contribution in [0.2, 0.25) is 0 Å². The Balaban J connectivity index is 2.14. The number of aromatic nitrogens is 1. The van der Waals surface area contributed by atoms with Gasteiger partial charge in [0.05, 0.1) is 11.2 Å². The first-order valence-corrected chi connectivity index (χ1v) is 8.96. The van der Waals surface area contributed by atoms with Crippen LogP contribution in [0.4, 0.5) is 0 Å². The number of hydrogen-bond donors (Lipinski definition) is 1. The van der Waals surface area contributed by atoms with Crippen LogP contribution in [0.15, 0.2) is 40.7 Å². The molecule has 1 aromatic heterocycles. The maximum Gasteiger partial charge on any atom is 0.254 e. The van der Waals surface area contributed by atoms with Crippen molar-refractivity contribution in [1.82, 2.24) is 9.29 Å². The van der Waals surface area contributed by atoms with Gasteiger partial charge in [-0.3, -0.25) is 0 Å². The third-order valence-electron chi connectivity index (χ3n) is 3.07. The highest BCUT2D eigenvalue weighted by atomic mass is 32.2. The van der Waals surface area contributed by atoms with Gasteiger partial charge in [0.15, 0.2) is 4.21 Å². The number of sulfonamides is 1. The first kappa shape index (κ1) is 16.1. The van der Waals surface area contributed by atoms with Crippen molar-refractivity contribution in [1.29, 1.82) is 0 Å². The lowest BCUT2D eigenvalue weighted by molar-refractivity contribution is 0.423. The molecule has 1 aromatic carbocycles. The molecule has 0 radical (unpaired) electrons. The minimum absolute atomic E-state index is 0.279. The zero-order chi connectivity index (χ0) is 15.3. The lowest BCUT2D eigenvalue weighted by atomic mass is 10.1. The molecule has 0 atom stereocenters. The molecule has 0 unspecified atom stereocenters. The SMILES string of the molecule is Cc1ncc(S(=O)(=O)N(CCN)CCc2ccccc2)s1. The molecule has 0 aliphatic carbocycles. The molecule has 0 spiro atoms. The molecular formula is C14H19N3O2S2. The van der Waals surface area contributed by atoms with Crippen LogP contribution in [0, 0.1) is 6.92 Å². The summed E-state index contributed by atoms with van der Waals surface area (Å²) in [4.78, 5) is 4.03. The Morgan fingerprint density at radius 3 is 2.52 bits per heavy atom.